The Morgan fingerprint density at radius 1 is 1.06 bits per heavy atom. The molecule has 1 N–H and O–H groups in total. The van der Waals surface area contributed by atoms with Crippen LogP contribution in [-0.4, -0.2) is 25.8 Å². The molecule has 0 heterocycles. The quantitative estimate of drug-likeness (QED) is 0.591. The molecule has 0 radical (unpaired) electrons. The maximum Gasteiger partial charge on any atom is 0.0591 e. The summed E-state index contributed by atoms with van der Waals surface area (Å²) in [6, 6.07) is 0.828. The molecule has 0 aliphatic heterocycles. The number of hydrogen-bond acceptors (Lipinski definition) is 2. The third-order valence-electron chi connectivity index (χ3n) is 3.96. The van der Waals surface area contributed by atoms with Crippen molar-refractivity contribution in [3.63, 3.8) is 0 Å². The number of hydrogen-bond donors (Lipinski definition) is 1. The van der Waals surface area contributed by atoms with Crippen LogP contribution in [0.15, 0.2) is 0 Å². The molecule has 0 atom stereocenters. The van der Waals surface area contributed by atoms with E-state index in [0.29, 0.717) is 0 Å². The van der Waals surface area contributed by atoms with Gasteiger partial charge in [-0.05, 0) is 56.3 Å². The van der Waals surface area contributed by atoms with Gasteiger partial charge in [0.15, 0.2) is 0 Å². The van der Waals surface area contributed by atoms with Crippen LogP contribution in [0.2, 0.25) is 0 Å². The SMILES string of the molecule is CC(C)CCCOCCNC(C1CC1)C1CC1. The third-order valence-corrected chi connectivity index (χ3v) is 3.96. The minimum Gasteiger partial charge on any atom is -0.380 e. The minimum absolute atomic E-state index is 0.811. The van der Waals surface area contributed by atoms with E-state index in [-0.39, 0.29) is 0 Å². The van der Waals surface area contributed by atoms with Gasteiger partial charge < -0.3 is 10.1 Å². The van der Waals surface area contributed by atoms with Gasteiger partial charge in [0.2, 0.25) is 0 Å². The van der Waals surface area contributed by atoms with Gasteiger partial charge >= 0.3 is 0 Å². The van der Waals surface area contributed by atoms with Crippen LogP contribution in [0.5, 0.6) is 0 Å². The van der Waals surface area contributed by atoms with Crippen LogP contribution in [0.4, 0.5) is 0 Å². The van der Waals surface area contributed by atoms with Crippen LogP contribution in [0.1, 0.15) is 52.4 Å². The van der Waals surface area contributed by atoms with Crippen molar-refractivity contribution in [3.8, 4) is 0 Å². The third kappa shape index (κ3) is 5.39. The molecule has 0 amide bonds. The average molecular weight is 239 g/mol. The summed E-state index contributed by atoms with van der Waals surface area (Å²) in [6.45, 7) is 7.44. The fraction of sp³-hybridized carbons (Fsp3) is 1.00. The van der Waals surface area contributed by atoms with Gasteiger partial charge in [-0.25, -0.2) is 0 Å². The normalized spacial score (nSPS) is 20.5. The molecule has 0 saturated heterocycles. The van der Waals surface area contributed by atoms with E-state index in [1.165, 1.54) is 38.5 Å². The summed E-state index contributed by atoms with van der Waals surface area (Å²) in [7, 11) is 0. The fourth-order valence-corrected chi connectivity index (χ4v) is 2.62. The van der Waals surface area contributed by atoms with Crippen LogP contribution >= 0.6 is 0 Å². The van der Waals surface area contributed by atoms with Crippen molar-refractivity contribution in [3.05, 3.63) is 0 Å². The highest BCUT2D eigenvalue weighted by atomic mass is 16.5. The highest BCUT2D eigenvalue weighted by molar-refractivity contribution is 4.96. The van der Waals surface area contributed by atoms with E-state index >= 15 is 0 Å². The number of ether oxygens (including phenoxy) is 1. The fourth-order valence-electron chi connectivity index (χ4n) is 2.62. The van der Waals surface area contributed by atoms with Gasteiger partial charge in [0.25, 0.3) is 0 Å². The highest BCUT2D eigenvalue weighted by Crippen LogP contribution is 2.44. The molecule has 2 nitrogen and oxygen atoms in total. The van der Waals surface area contributed by atoms with Crippen LogP contribution in [0, 0.1) is 17.8 Å². The first-order valence-electron chi connectivity index (χ1n) is 7.58. The molecule has 2 heteroatoms. The Bertz CT molecular complexity index is 197. The van der Waals surface area contributed by atoms with E-state index in [2.05, 4.69) is 19.2 Å². The molecule has 0 aromatic rings. The van der Waals surface area contributed by atoms with Gasteiger partial charge in [0.1, 0.15) is 0 Å². The summed E-state index contributed by atoms with van der Waals surface area (Å²) in [5.74, 6) is 2.82. The first kappa shape index (κ1) is 13.4. The molecule has 2 aliphatic rings. The van der Waals surface area contributed by atoms with E-state index in [9.17, 15) is 0 Å². The number of rotatable bonds is 10. The summed E-state index contributed by atoms with van der Waals surface area (Å²) in [5, 5.41) is 3.72. The van der Waals surface area contributed by atoms with Crippen molar-refractivity contribution in [2.24, 2.45) is 17.8 Å². The van der Waals surface area contributed by atoms with Gasteiger partial charge in [-0.3, -0.25) is 0 Å². The van der Waals surface area contributed by atoms with Gasteiger partial charge in [-0.1, -0.05) is 13.8 Å². The largest absolute Gasteiger partial charge is 0.380 e. The van der Waals surface area contributed by atoms with Crippen molar-refractivity contribution in [1.82, 2.24) is 5.32 Å². The summed E-state index contributed by atoms with van der Waals surface area (Å²) in [5.41, 5.74) is 0. The van der Waals surface area contributed by atoms with E-state index in [1.807, 2.05) is 0 Å². The van der Waals surface area contributed by atoms with Gasteiger partial charge in [0.05, 0.1) is 6.61 Å². The molecule has 17 heavy (non-hydrogen) atoms. The molecule has 2 saturated carbocycles. The Kier molecular flexibility index (Phi) is 5.30. The summed E-state index contributed by atoms with van der Waals surface area (Å²) >= 11 is 0. The summed E-state index contributed by atoms with van der Waals surface area (Å²) in [4.78, 5) is 0. The Morgan fingerprint density at radius 2 is 1.71 bits per heavy atom. The second-order valence-electron chi connectivity index (χ2n) is 6.30. The average Bonchev–Trinajstić information content (AvgIpc) is 3.15. The molecule has 0 bridgehead atoms. The first-order chi connectivity index (χ1) is 8.27. The van der Waals surface area contributed by atoms with Gasteiger partial charge in [0, 0.05) is 19.2 Å². The topological polar surface area (TPSA) is 21.3 Å². The Labute approximate surface area is 107 Å². The zero-order valence-electron chi connectivity index (χ0n) is 11.6. The Morgan fingerprint density at radius 3 is 2.24 bits per heavy atom. The lowest BCUT2D eigenvalue weighted by molar-refractivity contribution is 0.126. The Hall–Kier alpha value is -0.0800. The standard InChI is InChI=1S/C15H29NO/c1-12(2)4-3-10-17-11-9-16-15(13-5-6-13)14-7-8-14/h12-16H,3-11H2,1-2H3. The molecule has 2 rings (SSSR count). The molecular formula is C15H29NO. The molecule has 2 fully saturated rings. The zero-order chi connectivity index (χ0) is 12.1. The maximum absolute atomic E-state index is 5.67. The lowest BCUT2D eigenvalue weighted by Gasteiger charge is -2.17. The second-order valence-corrected chi connectivity index (χ2v) is 6.30. The summed E-state index contributed by atoms with van der Waals surface area (Å²) < 4.78 is 5.67. The van der Waals surface area contributed by atoms with Crippen molar-refractivity contribution in [2.45, 2.75) is 58.4 Å². The predicted molar refractivity (Wildman–Crippen MR) is 72.1 cm³/mol. The van der Waals surface area contributed by atoms with Crippen LogP contribution in [-0.2, 0) is 4.74 Å². The van der Waals surface area contributed by atoms with Gasteiger partial charge in [-0.15, -0.1) is 0 Å². The number of nitrogens with one attached hydrogen (secondary N) is 1. The van der Waals surface area contributed by atoms with Gasteiger partial charge in [-0.2, -0.15) is 0 Å². The smallest absolute Gasteiger partial charge is 0.0591 e. The van der Waals surface area contributed by atoms with Crippen LogP contribution in [0.25, 0.3) is 0 Å². The monoisotopic (exact) mass is 239 g/mol. The van der Waals surface area contributed by atoms with Crippen molar-refractivity contribution in [1.29, 1.82) is 0 Å². The van der Waals surface area contributed by atoms with Crippen molar-refractivity contribution < 1.29 is 4.74 Å². The van der Waals surface area contributed by atoms with Crippen molar-refractivity contribution in [2.75, 3.05) is 19.8 Å². The summed E-state index contributed by atoms with van der Waals surface area (Å²) in [6.07, 6.45) is 8.35. The minimum atomic E-state index is 0.811. The van der Waals surface area contributed by atoms with E-state index < -0.39 is 0 Å². The highest BCUT2D eigenvalue weighted by Gasteiger charge is 2.40. The first-order valence-corrected chi connectivity index (χ1v) is 7.58. The molecule has 0 spiro atoms. The van der Waals surface area contributed by atoms with Crippen LogP contribution in [0.3, 0.4) is 0 Å². The molecule has 2 aliphatic carbocycles. The Balaban J connectivity index is 1.42. The van der Waals surface area contributed by atoms with Crippen LogP contribution < -0.4 is 5.32 Å². The second kappa shape index (κ2) is 6.75. The van der Waals surface area contributed by atoms with E-state index in [1.54, 1.807) is 0 Å². The zero-order valence-corrected chi connectivity index (χ0v) is 11.6. The maximum atomic E-state index is 5.67. The molecular weight excluding hydrogens is 210 g/mol. The van der Waals surface area contributed by atoms with E-state index in [4.69, 9.17) is 4.74 Å². The molecule has 0 aromatic heterocycles. The predicted octanol–water partition coefficient (Wildman–Crippen LogP) is 3.22. The lowest BCUT2D eigenvalue weighted by atomic mass is 10.1. The molecule has 100 valence electrons. The van der Waals surface area contributed by atoms with E-state index in [0.717, 1.165) is 43.6 Å². The molecule has 0 unspecified atom stereocenters. The molecule has 0 aromatic carbocycles. The lowest BCUT2D eigenvalue weighted by Crippen LogP contribution is -2.35. The van der Waals surface area contributed by atoms with Crippen molar-refractivity contribution >= 4 is 0 Å².